The summed E-state index contributed by atoms with van der Waals surface area (Å²) >= 11 is 0. The molecule has 0 aliphatic heterocycles. The number of esters is 5. The van der Waals surface area contributed by atoms with Gasteiger partial charge in [0.15, 0.2) is 0 Å². The number of hydrogen-bond acceptors (Lipinski definition) is 16. The van der Waals surface area contributed by atoms with Crippen LogP contribution in [-0.4, -0.2) is 68.9 Å². The summed E-state index contributed by atoms with van der Waals surface area (Å²) in [5.74, 6) is 2.34. The Labute approximate surface area is 664 Å². The van der Waals surface area contributed by atoms with Crippen molar-refractivity contribution in [2.75, 3.05) is 67.0 Å². The van der Waals surface area contributed by atoms with Crippen LogP contribution in [0.15, 0.2) is 91.0 Å². The molecule has 0 saturated heterocycles. The van der Waals surface area contributed by atoms with E-state index in [1.807, 2.05) is 75.4 Å². The molecular weight excluding hydrogens is 1370 g/mol. The summed E-state index contributed by atoms with van der Waals surface area (Å²) in [6.07, 6.45) is 47.7. The van der Waals surface area contributed by atoms with E-state index in [4.69, 9.17) is 52.4 Å². The van der Waals surface area contributed by atoms with E-state index >= 15 is 0 Å². The third kappa shape index (κ3) is 35.3. The first-order chi connectivity index (χ1) is 53.0. The predicted molar refractivity (Wildman–Crippen MR) is 457 cm³/mol. The van der Waals surface area contributed by atoms with Crippen molar-refractivity contribution >= 4 is 64.0 Å². The van der Waals surface area contributed by atoms with Crippen molar-refractivity contribution < 1.29 is 47.7 Å². The Bertz CT molecular complexity index is 3460. The zero-order chi connectivity index (χ0) is 80.1. The van der Waals surface area contributed by atoms with Crippen LogP contribution in [-0.2, 0) is 49.4 Å². The molecule has 0 amide bonds. The number of nitrogens with one attached hydrogen (secondary N) is 1. The van der Waals surface area contributed by atoms with E-state index in [1.54, 1.807) is 50.2 Å². The summed E-state index contributed by atoms with van der Waals surface area (Å²) in [5.41, 5.74) is 42.8. The number of anilines is 6. The highest BCUT2D eigenvalue weighted by atomic mass is 16.5. The van der Waals surface area contributed by atoms with Crippen LogP contribution in [0.5, 0.6) is 0 Å². The van der Waals surface area contributed by atoms with Gasteiger partial charge in [-0.2, -0.15) is 0 Å². The lowest BCUT2D eigenvalue weighted by Crippen LogP contribution is -2.26. The number of rotatable bonds is 26. The molecule has 0 unspecified atom stereocenters. The van der Waals surface area contributed by atoms with Gasteiger partial charge in [0.1, 0.15) is 0 Å². The minimum Gasteiger partial charge on any atom is -0.462 e. The van der Waals surface area contributed by atoms with Crippen molar-refractivity contribution in [3.05, 3.63) is 141 Å². The molecule has 16 nitrogen and oxygen atoms in total. The van der Waals surface area contributed by atoms with Gasteiger partial charge < -0.3 is 57.7 Å². The number of benzene rings is 5. The lowest BCUT2D eigenvalue weighted by Gasteiger charge is -2.37. The molecule has 612 valence electrons. The second-order valence-corrected chi connectivity index (χ2v) is 32.6. The van der Waals surface area contributed by atoms with E-state index in [2.05, 4.69) is 39.9 Å². The molecule has 5 aromatic carbocycles. The summed E-state index contributed by atoms with van der Waals surface area (Å²) in [7, 11) is 0. The Morgan fingerprint density at radius 3 is 0.945 bits per heavy atom. The van der Waals surface area contributed by atoms with Gasteiger partial charge in [-0.15, -0.1) is 0 Å². The summed E-state index contributed by atoms with van der Waals surface area (Å²) in [6.45, 7) is 22.6. The molecule has 9 rings (SSSR count). The molecule has 5 aromatic rings. The molecule has 4 aliphatic rings. The van der Waals surface area contributed by atoms with E-state index in [0.717, 1.165) is 84.0 Å². The number of aryl methyl sites for hydroxylation is 1. The van der Waals surface area contributed by atoms with Crippen LogP contribution in [0.3, 0.4) is 0 Å². The lowest BCUT2D eigenvalue weighted by atomic mass is 9.69. The average Bonchev–Trinajstić information content (AvgIpc) is 0.853. The molecule has 0 spiro atoms. The minimum atomic E-state index is -0.322. The summed E-state index contributed by atoms with van der Waals surface area (Å²) < 4.78 is 25.0. The number of nitrogen functional groups attached to an aromatic ring is 5. The molecule has 16 heteroatoms. The van der Waals surface area contributed by atoms with Crippen LogP contribution in [0.1, 0.15) is 355 Å². The summed E-state index contributed by atoms with van der Waals surface area (Å²) in [6, 6.07) is 28.2. The van der Waals surface area contributed by atoms with Gasteiger partial charge in [0, 0.05) is 28.8 Å². The number of unbranched alkanes of at least 4 members (excludes halogenated alkanes) is 6. The molecular formula is C94H146N6O10. The first-order valence-corrected chi connectivity index (χ1v) is 43.1. The Morgan fingerprint density at radius 2 is 0.636 bits per heavy atom. The number of nitrogens with two attached hydrogens (primary N) is 5. The molecule has 4 fully saturated rings. The van der Waals surface area contributed by atoms with Crippen LogP contribution in [0.25, 0.3) is 0 Å². The molecule has 0 aromatic heterocycles. The number of carbonyl (C=O) groups excluding carboxylic acids is 5. The quantitative estimate of drug-likeness (QED) is 0.0130. The van der Waals surface area contributed by atoms with Crippen molar-refractivity contribution in [3.8, 4) is 0 Å². The van der Waals surface area contributed by atoms with E-state index in [9.17, 15) is 24.0 Å². The van der Waals surface area contributed by atoms with Crippen molar-refractivity contribution in [2.45, 2.75) is 313 Å². The van der Waals surface area contributed by atoms with Gasteiger partial charge in [0.25, 0.3) is 0 Å². The fourth-order valence-corrected chi connectivity index (χ4v) is 15.8. The van der Waals surface area contributed by atoms with Crippen molar-refractivity contribution in [3.63, 3.8) is 0 Å². The average molecular weight is 1520 g/mol. The highest BCUT2D eigenvalue weighted by molar-refractivity contribution is 5.93. The third-order valence-electron chi connectivity index (χ3n) is 22.7. The van der Waals surface area contributed by atoms with Gasteiger partial charge >= 0.3 is 29.8 Å². The standard InChI is InChI=1S/C22H35NO2.C20H31NO2.C18H27NO2.C18H29NO2.C16H24N2O2/c1-2-25-22(24)20-15-14-19(21(23)17-20)16-18-12-10-8-6-4-3-5-7-9-11-13-18;1-5-23-19(22)16-9-8-15(18(21)13-16)12-14-6-10-17(11-7-14)20(2,3)4;1-2-21-18(20)16-11-10-15(17(19)13-16)12-14-8-6-4-3-5-7-9-14;1-3-5-6-7-8-9-10-11-15-12-13-16(14-17(15)19)18(20)21-4-2;1-3-20-16(19)12-6-9-15(14(17)10-12)18-13-7-4-11(2)5-8-13/h14-15,17-18H,2-13,16,23H2,1H3;8-9,13-14,17H,5-7,10-12,21H2,1-4H3;10-11,13-14H,2-9,12,19H2,1H3;12-14H,3-11,19H2,1-2H3;6,9-11,13,18H,3-5,7-8,17H2,1-2H3. The Morgan fingerprint density at radius 1 is 0.345 bits per heavy atom. The number of ether oxygens (including phenoxy) is 5. The van der Waals surface area contributed by atoms with E-state index in [-0.39, 0.29) is 29.8 Å². The highest BCUT2D eigenvalue weighted by Crippen LogP contribution is 2.41. The zero-order valence-electron chi connectivity index (χ0n) is 69.8. The van der Waals surface area contributed by atoms with E-state index in [1.165, 1.54) is 217 Å². The van der Waals surface area contributed by atoms with Crippen molar-refractivity contribution in [1.82, 2.24) is 0 Å². The van der Waals surface area contributed by atoms with E-state index in [0.29, 0.717) is 95.3 Å². The molecule has 110 heavy (non-hydrogen) atoms. The normalized spacial score (nSPS) is 18.0. The summed E-state index contributed by atoms with van der Waals surface area (Å²) in [5, 5.41) is 3.49. The third-order valence-corrected chi connectivity index (χ3v) is 22.7. The monoisotopic (exact) mass is 1520 g/mol. The van der Waals surface area contributed by atoms with Crippen LogP contribution in [0.2, 0.25) is 0 Å². The van der Waals surface area contributed by atoms with Crippen molar-refractivity contribution in [2.24, 2.45) is 35.0 Å². The summed E-state index contributed by atoms with van der Waals surface area (Å²) in [4.78, 5) is 58.5. The fraction of sp³-hybridized carbons (Fsp3) is 0.628. The van der Waals surface area contributed by atoms with E-state index < -0.39 is 0 Å². The van der Waals surface area contributed by atoms with Gasteiger partial charge in [-0.05, 0) is 242 Å². The lowest BCUT2D eigenvalue weighted by molar-refractivity contribution is 0.0517. The number of hydrogen-bond donors (Lipinski definition) is 6. The van der Waals surface area contributed by atoms with Gasteiger partial charge in [-0.3, -0.25) is 0 Å². The van der Waals surface area contributed by atoms with Gasteiger partial charge in [0.05, 0.1) is 72.2 Å². The maximum atomic E-state index is 11.8. The molecule has 4 aliphatic carbocycles. The van der Waals surface area contributed by atoms with Crippen LogP contribution >= 0.6 is 0 Å². The Balaban J connectivity index is 0.000000247. The van der Waals surface area contributed by atoms with Crippen molar-refractivity contribution in [1.29, 1.82) is 0 Å². The first-order valence-electron chi connectivity index (χ1n) is 43.1. The van der Waals surface area contributed by atoms with Gasteiger partial charge in [-0.25, -0.2) is 24.0 Å². The Kier molecular flexibility index (Phi) is 44.3. The Hall–Kier alpha value is -7.75. The maximum Gasteiger partial charge on any atom is 0.338 e. The van der Waals surface area contributed by atoms with Crippen LogP contribution < -0.4 is 34.0 Å². The minimum absolute atomic E-state index is 0.285. The maximum absolute atomic E-state index is 11.8. The molecule has 11 N–H and O–H groups in total. The molecule has 4 saturated carbocycles. The largest absolute Gasteiger partial charge is 0.462 e. The second-order valence-electron chi connectivity index (χ2n) is 32.6. The van der Waals surface area contributed by atoms with Gasteiger partial charge in [0.2, 0.25) is 0 Å². The number of carbonyl (C=O) groups is 5. The highest BCUT2D eigenvalue weighted by Gasteiger charge is 2.30. The smallest absolute Gasteiger partial charge is 0.338 e. The van der Waals surface area contributed by atoms with Crippen LogP contribution in [0, 0.1) is 35.0 Å². The molecule has 0 bridgehead atoms. The topological polar surface area (TPSA) is 274 Å². The zero-order valence-corrected chi connectivity index (χ0v) is 69.8. The first kappa shape index (κ1) is 92.9. The van der Waals surface area contributed by atoms with Gasteiger partial charge in [-0.1, -0.05) is 213 Å². The second kappa shape index (κ2) is 52.5. The SMILES string of the molecule is CCCCCCCCCc1ccc(C(=O)OCC)cc1N.CCOC(=O)c1ccc(CC2CCC(C(C)(C)C)CC2)c(N)c1.CCOC(=O)c1ccc(CC2CCCCCCC2)c(N)c1.CCOC(=O)c1ccc(CC2CCCCCCCCCCC2)c(N)c1.CCOC(=O)c1ccc(NC2CCC(C)CC2)c(N)c1. The predicted octanol–water partition coefficient (Wildman–Crippen LogP) is 23.3. The van der Waals surface area contributed by atoms with Crippen LogP contribution in [0.4, 0.5) is 34.1 Å². The molecule has 0 atom stereocenters. The molecule has 0 heterocycles. The molecule has 0 radical (unpaired) electrons. The fourth-order valence-electron chi connectivity index (χ4n) is 15.8.